The standard InChI is InChI=1S/C9H14N2O2/c1-3-4-5-11-6-8(9(12)13)10(2)7-11/h6-7H,3-5H2,1-2H3/p+1. The monoisotopic (exact) mass is 183 g/mol. The Balaban J connectivity index is 2.76. The largest absolute Gasteiger partial charge is 0.475 e. The molecule has 0 saturated carbocycles. The molecule has 0 unspecified atom stereocenters. The molecule has 1 N–H and O–H groups in total. The molecule has 4 nitrogen and oxygen atoms in total. The Morgan fingerprint density at radius 2 is 2.38 bits per heavy atom. The van der Waals surface area contributed by atoms with Gasteiger partial charge in [-0.3, -0.25) is 0 Å². The molecule has 0 amide bonds. The molecule has 0 aliphatic rings. The number of carboxylic acids is 1. The quantitative estimate of drug-likeness (QED) is 0.702. The number of carbonyl (C=O) groups is 1. The van der Waals surface area contributed by atoms with E-state index >= 15 is 0 Å². The van der Waals surface area contributed by atoms with Crippen molar-refractivity contribution in [2.24, 2.45) is 7.05 Å². The van der Waals surface area contributed by atoms with Crippen molar-refractivity contribution in [2.75, 3.05) is 0 Å². The van der Waals surface area contributed by atoms with Gasteiger partial charge < -0.3 is 5.11 Å². The summed E-state index contributed by atoms with van der Waals surface area (Å²) in [6, 6.07) is 0. The van der Waals surface area contributed by atoms with Gasteiger partial charge in [-0.25, -0.2) is 13.9 Å². The normalized spacial score (nSPS) is 10.3. The summed E-state index contributed by atoms with van der Waals surface area (Å²) < 4.78 is 3.53. The Labute approximate surface area is 77.4 Å². The molecule has 0 aromatic carbocycles. The Hall–Kier alpha value is -1.32. The SMILES string of the molecule is CCCC[n+]1cc(C(=O)O)n(C)c1. The van der Waals surface area contributed by atoms with Crippen molar-refractivity contribution in [3.63, 3.8) is 0 Å². The van der Waals surface area contributed by atoms with Crippen LogP contribution < -0.4 is 4.57 Å². The molecule has 0 spiro atoms. The van der Waals surface area contributed by atoms with Crippen molar-refractivity contribution in [2.45, 2.75) is 26.3 Å². The lowest BCUT2D eigenvalue weighted by atomic mass is 10.3. The van der Waals surface area contributed by atoms with Gasteiger partial charge in [0.05, 0.1) is 13.6 Å². The molecule has 0 aliphatic heterocycles. The van der Waals surface area contributed by atoms with Crippen LogP contribution in [0.2, 0.25) is 0 Å². The smallest absolute Gasteiger partial charge is 0.379 e. The predicted molar refractivity (Wildman–Crippen MR) is 47.5 cm³/mol. The van der Waals surface area contributed by atoms with E-state index in [9.17, 15) is 4.79 Å². The highest BCUT2D eigenvalue weighted by Crippen LogP contribution is 1.95. The van der Waals surface area contributed by atoms with Crippen LogP contribution >= 0.6 is 0 Å². The number of rotatable bonds is 4. The number of hydrogen-bond donors (Lipinski definition) is 1. The van der Waals surface area contributed by atoms with Crippen LogP contribution in [-0.2, 0) is 13.6 Å². The van der Waals surface area contributed by atoms with E-state index in [1.165, 1.54) is 0 Å². The average molecular weight is 183 g/mol. The second-order valence-electron chi connectivity index (χ2n) is 3.14. The summed E-state index contributed by atoms with van der Waals surface area (Å²) in [5.41, 5.74) is 0.330. The fraction of sp³-hybridized carbons (Fsp3) is 0.556. The summed E-state index contributed by atoms with van der Waals surface area (Å²) in [7, 11) is 1.74. The third-order valence-electron chi connectivity index (χ3n) is 1.98. The fourth-order valence-corrected chi connectivity index (χ4v) is 1.24. The Morgan fingerprint density at radius 1 is 1.69 bits per heavy atom. The van der Waals surface area contributed by atoms with E-state index in [1.807, 2.05) is 4.57 Å². The molecule has 0 atom stereocenters. The zero-order valence-electron chi connectivity index (χ0n) is 8.03. The van der Waals surface area contributed by atoms with Crippen LogP contribution in [0.1, 0.15) is 30.3 Å². The molecule has 0 bridgehead atoms. The van der Waals surface area contributed by atoms with E-state index in [2.05, 4.69) is 6.92 Å². The summed E-state index contributed by atoms with van der Waals surface area (Å²) in [5, 5.41) is 8.77. The molecular weight excluding hydrogens is 168 g/mol. The Morgan fingerprint density at radius 3 is 2.85 bits per heavy atom. The number of aryl methyl sites for hydroxylation is 2. The van der Waals surface area contributed by atoms with E-state index in [-0.39, 0.29) is 0 Å². The summed E-state index contributed by atoms with van der Waals surface area (Å²) in [5.74, 6) is -0.877. The van der Waals surface area contributed by atoms with Gasteiger partial charge in [-0.15, -0.1) is 0 Å². The maximum Gasteiger partial charge on any atom is 0.379 e. The van der Waals surface area contributed by atoms with Crippen LogP contribution in [0.25, 0.3) is 0 Å². The number of aromatic carboxylic acids is 1. The molecular formula is C9H15N2O2+. The number of unbranched alkanes of at least 4 members (excludes halogenated alkanes) is 1. The van der Waals surface area contributed by atoms with Gasteiger partial charge in [0, 0.05) is 0 Å². The molecule has 72 valence electrons. The lowest BCUT2D eigenvalue weighted by Gasteiger charge is -1.90. The zero-order valence-corrected chi connectivity index (χ0v) is 8.03. The van der Waals surface area contributed by atoms with E-state index in [1.54, 1.807) is 24.1 Å². The van der Waals surface area contributed by atoms with Crippen LogP contribution in [0, 0.1) is 0 Å². The van der Waals surface area contributed by atoms with Crippen molar-refractivity contribution in [1.82, 2.24) is 4.57 Å². The first-order chi connectivity index (χ1) is 6.15. The van der Waals surface area contributed by atoms with Crippen LogP contribution in [-0.4, -0.2) is 15.6 Å². The first-order valence-corrected chi connectivity index (χ1v) is 4.44. The van der Waals surface area contributed by atoms with Crippen molar-refractivity contribution in [1.29, 1.82) is 0 Å². The number of aromatic nitrogens is 2. The van der Waals surface area contributed by atoms with Gasteiger partial charge in [0.25, 0.3) is 5.69 Å². The zero-order chi connectivity index (χ0) is 9.84. The first-order valence-electron chi connectivity index (χ1n) is 4.44. The van der Waals surface area contributed by atoms with Gasteiger partial charge in [0.1, 0.15) is 6.20 Å². The number of imidazole rings is 1. The maximum atomic E-state index is 10.7. The molecule has 1 aromatic rings. The van der Waals surface area contributed by atoms with Crippen molar-refractivity contribution in [3.8, 4) is 0 Å². The van der Waals surface area contributed by atoms with Gasteiger partial charge >= 0.3 is 5.97 Å². The molecule has 1 rings (SSSR count). The van der Waals surface area contributed by atoms with E-state index < -0.39 is 5.97 Å². The lowest BCUT2D eigenvalue weighted by Crippen LogP contribution is -2.30. The third-order valence-corrected chi connectivity index (χ3v) is 1.98. The molecule has 0 aliphatic carbocycles. The first kappa shape index (κ1) is 9.77. The molecule has 0 fully saturated rings. The van der Waals surface area contributed by atoms with Gasteiger partial charge in [-0.05, 0) is 6.42 Å². The summed E-state index contributed by atoms with van der Waals surface area (Å²) >= 11 is 0. The van der Waals surface area contributed by atoms with Gasteiger partial charge in [0.15, 0.2) is 0 Å². The molecule has 1 aromatic heterocycles. The van der Waals surface area contributed by atoms with Crippen LogP contribution in [0.5, 0.6) is 0 Å². The van der Waals surface area contributed by atoms with E-state index in [0.29, 0.717) is 5.69 Å². The Bertz CT molecular complexity index is 305. The molecule has 13 heavy (non-hydrogen) atoms. The van der Waals surface area contributed by atoms with E-state index in [0.717, 1.165) is 19.4 Å². The second-order valence-corrected chi connectivity index (χ2v) is 3.14. The van der Waals surface area contributed by atoms with Gasteiger partial charge in [0.2, 0.25) is 6.33 Å². The minimum atomic E-state index is -0.877. The molecule has 0 radical (unpaired) electrons. The number of carboxylic acid groups (broad SMARTS) is 1. The summed E-state index contributed by atoms with van der Waals surface area (Å²) in [6.45, 7) is 3.00. The molecule has 0 saturated heterocycles. The number of hydrogen-bond acceptors (Lipinski definition) is 1. The maximum absolute atomic E-state index is 10.7. The highest BCUT2D eigenvalue weighted by Gasteiger charge is 2.16. The summed E-state index contributed by atoms with van der Waals surface area (Å²) in [6.07, 6.45) is 5.66. The topological polar surface area (TPSA) is 46.1 Å². The van der Waals surface area contributed by atoms with Crippen molar-refractivity contribution >= 4 is 5.97 Å². The van der Waals surface area contributed by atoms with Crippen molar-refractivity contribution in [3.05, 3.63) is 18.2 Å². The van der Waals surface area contributed by atoms with Crippen LogP contribution in [0.4, 0.5) is 0 Å². The highest BCUT2D eigenvalue weighted by atomic mass is 16.4. The Kier molecular flexibility index (Phi) is 3.06. The van der Waals surface area contributed by atoms with E-state index in [4.69, 9.17) is 5.11 Å². The molecule has 1 heterocycles. The van der Waals surface area contributed by atoms with Crippen LogP contribution in [0.3, 0.4) is 0 Å². The van der Waals surface area contributed by atoms with Gasteiger partial charge in [-0.2, -0.15) is 0 Å². The predicted octanol–water partition coefficient (Wildman–Crippen LogP) is 0.811. The number of nitrogens with zero attached hydrogens (tertiary/aromatic N) is 2. The minimum Gasteiger partial charge on any atom is -0.475 e. The summed E-state index contributed by atoms with van der Waals surface area (Å²) in [4.78, 5) is 10.7. The van der Waals surface area contributed by atoms with Crippen molar-refractivity contribution < 1.29 is 14.5 Å². The van der Waals surface area contributed by atoms with Crippen LogP contribution in [0.15, 0.2) is 12.5 Å². The fourth-order valence-electron chi connectivity index (χ4n) is 1.24. The third kappa shape index (κ3) is 2.31. The highest BCUT2D eigenvalue weighted by molar-refractivity contribution is 5.84. The minimum absolute atomic E-state index is 0.330. The second kappa shape index (κ2) is 4.07. The molecule has 4 heteroatoms. The van der Waals surface area contributed by atoms with Gasteiger partial charge in [-0.1, -0.05) is 13.3 Å². The average Bonchev–Trinajstić information content (AvgIpc) is 2.43. The lowest BCUT2D eigenvalue weighted by molar-refractivity contribution is -0.696.